The van der Waals surface area contributed by atoms with Crippen molar-refractivity contribution in [3.05, 3.63) is 90.3 Å². The number of thiocarbonyl (C=S) groups is 1. The number of halogens is 3. The number of benzene rings is 3. The van der Waals surface area contributed by atoms with Gasteiger partial charge in [0, 0.05) is 31.9 Å². The summed E-state index contributed by atoms with van der Waals surface area (Å²) in [4.78, 5) is 6.32. The molecule has 3 aromatic carbocycles. The van der Waals surface area contributed by atoms with E-state index in [0.29, 0.717) is 23.2 Å². The summed E-state index contributed by atoms with van der Waals surface area (Å²) in [5.74, 6) is 0.158. The number of ether oxygens (including phenoxy) is 1. The van der Waals surface area contributed by atoms with E-state index in [0.717, 1.165) is 22.4 Å². The number of hydrazone groups is 1. The van der Waals surface area contributed by atoms with Gasteiger partial charge in [0.05, 0.1) is 11.9 Å². The van der Waals surface area contributed by atoms with Gasteiger partial charge in [0.2, 0.25) is 0 Å². The van der Waals surface area contributed by atoms with Crippen molar-refractivity contribution in [3.8, 4) is 22.8 Å². The van der Waals surface area contributed by atoms with Crippen LogP contribution >= 0.6 is 12.2 Å². The monoisotopic (exact) mass is 539 g/mol. The van der Waals surface area contributed by atoms with Crippen molar-refractivity contribution in [2.75, 3.05) is 19.0 Å². The van der Waals surface area contributed by atoms with Crippen molar-refractivity contribution < 1.29 is 17.9 Å². The molecule has 1 aromatic heterocycles. The number of anilines is 1. The molecule has 0 unspecified atom stereocenters. The molecule has 0 aliphatic rings. The van der Waals surface area contributed by atoms with Crippen LogP contribution in [0.15, 0.2) is 84.2 Å². The molecule has 4 rings (SSSR count). The van der Waals surface area contributed by atoms with Gasteiger partial charge in [-0.1, -0.05) is 36.4 Å². The zero-order valence-corrected chi connectivity index (χ0v) is 21.3. The smallest absolute Gasteiger partial charge is 0.406 e. The van der Waals surface area contributed by atoms with Crippen LogP contribution in [-0.4, -0.2) is 46.5 Å². The van der Waals surface area contributed by atoms with Crippen molar-refractivity contribution in [1.29, 1.82) is 0 Å². The number of alkyl halides is 3. The Morgan fingerprint density at radius 2 is 1.71 bits per heavy atom. The molecule has 1 heterocycles. The van der Waals surface area contributed by atoms with Crippen LogP contribution in [0.1, 0.15) is 11.1 Å². The zero-order valence-electron chi connectivity index (χ0n) is 20.5. The van der Waals surface area contributed by atoms with E-state index in [2.05, 4.69) is 30.7 Å². The molecule has 0 radical (unpaired) electrons. The summed E-state index contributed by atoms with van der Waals surface area (Å²) < 4.78 is 42.4. The summed E-state index contributed by atoms with van der Waals surface area (Å²) in [6, 6.07) is 20.9. The minimum Gasteiger partial charge on any atom is -0.406 e. The highest BCUT2D eigenvalue weighted by Gasteiger charge is 2.31. The maximum absolute atomic E-state index is 12.3. The lowest BCUT2D eigenvalue weighted by molar-refractivity contribution is -0.274. The first-order chi connectivity index (χ1) is 18.2. The molecule has 0 aliphatic heterocycles. The Balaban J connectivity index is 1.28. The fraction of sp³-hybridized carbons (Fsp3) is 0.154. The van der Waals surface area contributed by atoms with Crippen molar-refractivity contribution in [2.45, 2.75) is 12.9 Å². The van der Waals surface area contributed by atoms with E-state index in [1.54, 1.807) is 6.21 Å². The van der Waals surface area contributed by atoms with E-state index in [-0.39, 0.29) is 5.75 Å². The standard InChI is InChI=1S/C26H24F3N7OS/c1-35(2)21-9-5-18(6-10-21)15-30-25(38)33-32-16-19-3-7-20(8-4-19)24-31-17-36(34-24)22-11-13-23(14-12-22)37-26(27,28)29/h3-14,16-17H,15H2,1-2H3,(H2,30,33,38). The second-order valence-electron chi connectivity index (χ2n) is 8.29. The highest BCUT2D eigenvalue weighted by Crippen LogP contribution is 2.24. The molecule has 4 aromatic rings. The molecule has 0 spiro atoms. The third-order valence-electron chi connectivity index (χ3n) is 5.28. The van der Waals surface area contributed by atoms with E-state index in [9.17, 15) is 13.2 Å². The Bertz CT molecular complexity index is 1380. The van der Waals surface area contributed by atoms with E-state index >= 15 is 0 Å². The van der Waals surface area contributed by atoms with Crippen molar-refractivity contribution >= 4 is 29.2 Å². The predicted octanol–water partition coefficient (Wildman–Crippen LogP) is 4.90. The highest BCUT2D eigenvalue weighted by atomic mass is 32.1. The van der Waals surface area contributed by atoms with Crippen LogP contribution in [0.4, 0.5) is 18.9 Å². The van der Waals surface area contributed by atoms with Gasteiger partial charge in [-0.2, -0.15) is 5.10 Å². The third kappa shape index (κ3) is 7.53. The number of hydrogen-bond acceptors (Lipinski definition) is 6. The Kier molecular flexibility index (Phi) is 8.22. The molecule has 196 valence electrons. The number of nitrogens with one attached hydrogen (secondary N) is 2. The second kappa shape index (κ2) is 11.7. The number of aromatic nitrogens is 3. The third-order valence-corrected chi connectivity index (χ3v) is 5.52. The molecule has 2 N–H and O–H groups in total. The molecular weight excluding hydrogens is 515 g/mol. The van der Waals surface area contributed by atoms with Gasteiger partial charge >= 0.3 is 6.36 Å². The van der Waals surface area contributed by atoms with Crippen LogP contribution in [0.5, 0.6) is 5.75 Å². The quantitative estimate of drug-likeness (QED) is 0.187. The van der Waals surface area contributed by atoms with Crippen molar-refractivity contribution in [2.24, 2.45) is 5.10 Å². The van der Waals surface area contributed by atoms with Crippen molar-refractivity contribution in [1.82, 2.24) is 25.5 Å². The summed E-state index contributed by atoms with van der Waals surface area (Å²) in [7, 11) is 3.99. The predicted molar refractivity (Wildman–Crippen MR) is 144 cm³/mol. The molecule has 0 aliphatic carbocycles. The average molecular weight is 540 g/mol. The molecular formula is C26H24F3N7OS. The van der Waals surface area contributed by atoms with Gasteiger partial charge in [0.1, 0.15) is 12.1 Å². The lowest BCUT2D eigenvalue weighted by atomic mass is 10.1. The number of nitrogens with zero attached hydrogens (tertiary/aromatic N) is 5. The van der Waals surface area contributed by atoms with Crippen LogP contribution in [0.2, 0.25) is 0 Å². The summed E-state index contributed by atoms with van der Waals surface area (Å²) in [5, 5.41) is 12.1. The Morgan fingerprint density at radius 3 is 2.34 bits per heavy atom. The summed E-state index contributed by atoms with van der Waals surface area (Å²) in [6.45, 7) is 0.578. The molecule has 12 heteroatoms. The zero-order chi connectivity index (χ0) is 27.1. The summed E-state index contributed by atoms with van der Waals surface area (Å²) >= 11 is 5.27. The fourth-order valence-electron chi connectivity index (χ4n) is 3.34. The normalized spacial score (nSPS) is 11.4. The molecule has 0 bridgehead atoms. The molecule has 38 heavy (non-hydrogen) atoms. The molecule has 0 atom stereocenters. The lowest BCUT2D eigenvalue weighted by Crippen LogP contribution is -2.31. The van der Waals surface area contributed by atoms with E-state index in [1.165, 1.54) is 35.3 Å². The van der Waals surface area contributed by atoms with E-state index < -0.39 is 6.36 Å². The van der Waals surface area contributed by atoms with Crippen LogP contribution in [0, 0.1) is 0 Å². The second-order valence-corrected chi connectivity index (χ2v) is 8.70. The SMILES string of the molecule is CN(C)c1ccc(CNC(=S)NN=Cc2ccc(-c3ncn(-c4ccc(OC(F)(F)F)cc4)n3)cc2)cc1. The number of rotatable bonds is 8. The van der Waals surface area contributed by atoms with Crippen molar-refractivity contribution in [3.63, 3.8) is 0 Å². The van der Waals surface area contributed by atoms with E-state index in [4.69, 9.17) is 12.2 Å². The van der Waals surface area contributed by atoms with Gasteiger partial charge < -0.3 is 15.0 Å². The van der Waals surface area contributed by atoms with Gasteiger partial charge in [-0.25, -0.2) is 9.67 Å². The molecule has 0 fully saturated rings. The summed E-state index contributed by atoms with van der Waals surface area (Å²) in [6.07, 6.45) is -1.62. The van der Waals surface area contributed by atoms with Gasteiger partial charge in [0.25, 0.3) is 0 Å². The van der Waals surface area contributed by atoms with Gasteiger partial charge in [-0.15, -0.1) is 18.3 Å². The first-order valence-electron chi connectivity index (χ1n) is 11.4. The van der Waals surface area contributed by atoms with Crippen LogP contribution in [0.3, 0.4) is 0 Å². The Morgan fingerprint density at radius 1 is 1.03 bits per heavy atom. The van der Waals surface area contributed by atoms with Gasteiger partial charge in [0.15, 0.2) is 10.9 Å². The largest absolute Gasteiger partial charge is 0.573 e. The summed E-state index contributed by atoms with van der Waals surface area (Å²) in [5.41, 5.74) is 7.17. The van der Waals surface area contributed by atoms with Crippen LogP contribution < -0.4 is 20.4 Å². The lowest BCUT2D eigenvalue weighted by Gasteiger charge is -2.13. The van der Waals surface area contributed by atoms with E-state index in [1.807, 2.05) is 67.5 Å². The number of hydrogen-bond donors (Lipinski definition) is 2. The molecule has 0 amide bonds. The minimum absolute atomic E-state index is 0.306. The minimum atomic E-state index is -4.74. The maximum atomic E-state index is 12.3. The maximum Gasteiger partial charge on any atom is 0.573 e. The average Bonchev–Trinajstić information content (AvgIpc) is 3.38. The molecule has 0 saturated carbocycles. The molecule has 8 nitrogen and oxygen atoms in total. The van der Waals surface area contributed by atoms with Gasteiger partial charge in [-0.3, -0.25) is 5.43 Å². The topological polar surface area (TPSA) is 79.6 Å². The fourth-order valence-corrected chi connectivity index (χ4v) is 3.46. The van der Waals surface area contributed by atoms with Gasteiger partial charge in [-0.05, 0) is 59.7 Å². The Labute approximate surface area is 222 Å². The highest BCUT2D eigenvalue weighted by molar-refractivity contribution is 7.80. The Hall–Kier alpha value is -4.45. The molecule has 0 saturated heterocycles. The van der Waals surface area contributed by atoms with Crippen LogP contribution in [-0.2, 0) is 6.54 Å². The van der Waals surface area contributed by atoms with Crippen LogP contribution in [0.25, 0.3) is 17.1 Å². The first-order valence-corrected chi connectivity index (χ1v) is 11.8. The first kappa shape index (κ1) is 26.6.